The Labute approximate surface area is 157 Å². The van der Waals surface area contributed by atoms with Crippen LogP contribution in [0, 0.1) is 0 Å². The van der Waals surface area contributed by atoms with E-state index in [0.717, 1.165) is 24.2 Å². The molecule has 1 fully saturated rings. The molecular weight excluding hydrogens is 348 g/mol. The molecule has 8 nitrogen and oxygen atoms in total. The number of amides is 2. The maximum absolute atomic E-state index is 12.2. The molecule has 2 aliphatic rings. The highest BCUT2D eigenvalue weighted by molar-refractivity contribution is 5.91. The van der Waals surface area contributed by atoms with Gasteiger partial charge in [-0.1, -0.05) is 0 Å². The van der Waals surface area contributed by atoms with Crippen molar-refractivity contribution in [2.75, 3.05) is 24.6 Å². The minimum absolute atomic E-state index is 0.148. The van der Waals surface area contributed by atoms with Crippen molar-refractivity contribution in [1.29, 1.82) is 0 Å². The fourth-order valence-corrected chi connectivity index (χ4v) is 3.40. The average molecular weight is 370 g/mol. The largest absolute Gasteiger partial charge is 0.492 e. The fraction of sp³-hybridized carbons (Fsp3) is 0.421. The standard InChI is InChI=1S/C19H22N4O4/c1-3-22-10-13-6-7-26-17-8-14(4-5-16(17)18(13)21-22)23-11-15(27-19(23)25)9-20-12(2)24/h4-5,8,10,15H,3,6-7,9,11H2,1-2H3,(H,20,24). The van der Waals surface area contributed by atoms with Crippen molar-refractivity contribution >= 4 is 17.7 Å². The molecule has 2 amide bonds. The molecule has 3 heterocycles. The van der Waals surface area contributed by atoms with Crippen LogP contribution in [0.5, 0.6) is 5.75 Å². The van der Waals surface area contributed by atoms with Gasteiger partial charge in [0.1, 0.15) is 11.9 Å². The van der Waals surface area contributed by atoms with E-state index in [9.17, 15) is 9.59 Å². The first kappa shape index (κ1) is 17.4. The van der Waals surface area contributed by atoms with E-state index in [2.05, 4.69) is 23.5 Å². The number of anilines is 1. The molecule has 0 saturated carbocycles. The molecule has 0 radical (unpaired) electrons. The Balaban J connectivity index is 1.59. The highest BCUT2D eigenvalue weighted by Crippen LogP contribution is 2.37. The van der Waals surface area contributed by atoms with Crippen LogP contribution in [0.2, 0.25) is 0 Å². The highest BCUT2D eigenvalue weighted by atomic mass is 16.6. The van der Waals surface area contributed by atoms with Crippen molar-refractivity contribution in [3.63, 3.8) is 0 Å². The summed E-state index contributed by atoms with van der Waals surface area (Å²) in [6, 6.07) is 5.68. The second kappa shape index (κ2) is 6.94. The van der Waals surface area contributed by atoms with Crippen LogP contribution in [-0.4, -0.2) is 47.6 Å². The minimum Gasteiger partial charge on any atom is -0.492 e. The highest BCUT2D eigenvalue weighted by Gasteiger charge is 2.33. The van der Waals surface area contributed by atoms with Crippen LogP contribution in [0.25, 0.3) is 11.3 Å². The third-order valence-corrected chi connectivity index (χ3v) is 4.78. The van der Waals surface area contributed by atoms with Crippen LogP contribution in [-0.2, 0) is 22.5 Å². The fourth-order valence-electron chi connectivity index (χ4n) is 3.40. The molecule has 142 valence electrons. The second-order valence-corrected chi connectivity index (χ2v) is 6.69. The Hall–Kier alpha value is -3.03. The van der Waals surface area contributed by atoms with Gasteiger partial charge in [-0.15, -0.1) is 0 Å². The minimum atomic E-state index is -0.421. The van der Waals surface area contributed by atoms with Crippen LogP contribution in [0.4, 0.5) is 10.5 Å². The smallest absolute Gasteiger partial charge is 0.414 e. The molecule has 1 N–H and O–H groups in total. The number of cyclic esters (lactones) is 1. The van der Waals surface area contributed by atoms with Crippen molar-refractivity contribution in [2.24, 2.45) is 0 Å². The molecular formula is C19H22N4O4. The summed E-state index contributed by atoms with van der Waals surface area (Å²) in [5.41, 5.74) is 3.74. The Morgan fingerprint density at radius 2 is 2.26 bits per heavy atom. The molecule has 1 aromatic carbocycles. The number of nitrogens with one attached hydrogen (secondary N) is 1. The third kappa shape index (κ3) is 3.34. The molecule has 1 aromatic heterocycles. The summed E-state index contributed by atoms with van der Waals surface area (Å²) in [7, 11) is 0. The van der Waals surface area contributed by atoms with E-state index in [1.807, 2.05) is 22.9 Å². The number of fused-ring (bicyclic) bond motifs is 3. The van der Waals surface area contributed by atoms with Gasteiger partial charge in [0.25, 0.3) is 0 Å². The predicted molar refractivity (Wildman–Crippen MR) is 98.8 cm³/mol. The topological polar surface area (TPSA) is 85.7 Å². The summed E-state index contributed by atoms with van der Waals surface area (Å²) < 4.78 is 13.2. The monoisotopic (exact) mass is 370 g/mol. The maximum atomic E-state index is 12.2. The predicted octanol–water partition coefficient (Wildman–Crippen LogP) is 1.97. The van der Waals surface area contributed by atoms with Crippen LogP contribution in [0.1, 0.15) is 19.4 Å². The Kier molecular flexibility index (Phi) is 4.47. The molecule has 2 aliphatic heterocycles. The number of rotatable bonds is 4. The van der Waals surface area contributed by atoms with E-state index in [4.69, 9.17) is 9.47 Å². The number of hydrogen-bond donors (Lipinski definition) is 1. The zero-order chi connectivity index (χ0) is 19.0. The second-order valence-electron chi connectivity index (χ2n) is 6.69. The lowest BCUT2D eigenvalue weighted by atomic mass is 10.1. The van der Waals surface area contributed by atoms with Crippen molar-refractivity contribution in [3.05, 3.63) is 30.0 Å². The van der Waals surface area contributed by atoms with E-state index in [0.29, 0.717) is 31.1 Å². The van der Waals surface area contributed by atoms with Gasteiger partial charge in [0, 0.05) is 43.3 Å². The molecule has 1 saturated heterocycles. The van der Waals surface area contributed by atoms with Gasteiger partial charge in [0.2, 0.25) is 5.91 Å². The number of hydrogen-bond acceptors (Lipinski definition) is 5. The summed E-state index contributed by atoms with van der Waals surface area (Å²) in [4.78, 5) is 24.9. The summed E-state index contributed by atoms with van der Waals surface area (Å²) in [6.07, 6.45) is 2.07. The maximum Gasteiger partial charge on any atom is 0.414 e. The number of carbonyl (C=O) groups is 2. The van der Waals surface area contributed by atoms with Crippen LogP contribution in [0.15, 0.2) is 24.4 Å². The van der Waals surface area contributed by atoms with Crippen molar-refractivity contribution in [1.82, 2.24) is 15.1 Å². The van der Waals surface area contributed by atoms with Gasteiger partial charge in [0.15, 0.2) is 0 Å². The lowest BCUT2D eigenvalue weighted by molar-refractivity contribution is -0.119. The van der Waals surface area contributed by atoms with Crippen molar-refractivity contribution in [2.45, 2.75) is 32.9 Å². The van der Waals surface area contributed by atoms with E-state index in [1.54, 1.807) is 4.90 Å². The van der Waals surface area contributed by atoms with Crippen LogP contribution >= 0.6 is 0 Å². The zero-order valence-electron chi connectivity index (χ0n) is 15.4. The first-order valence-electron chi connectivity index (χ1n) is 9.11. The lowest BCUT2D eigenvalue weighted by Gasteiger charge is -2.16. The average Bonchev–Trinajstić information content (AvgIpc) is 3.19. The number of benzene rings is 1. The number of nitrogens with zero attached hydrogens (tertiary/aromatic N) is 3. The van der Waals surface area contributed by atoms with Crippen molar-refractivity contribution in [3.8, 4) is 17.0 Å². The normalized spacial score (nSPS) is 18.2. The molecule has 2 aromatic rings. The van der Waals surface area contributed by atoms with Gasteiger partial charge in [0.05, 0.1) is 31.1 Å². The van der Waals surface area contributed by atoms with Gasteiger partial charge in [-0.3, -0.25) is 14.4 Å². The van der Waals surface area contributed by atoms with Gasteiger partial charge >= 0.3 is 6.09 Å². The Morgan fingerprint density at radius 1 is 1.41 bits per heavy atom. The summed E-state index contributed by atoms with van der Waals surface area (Å²) in [6.45, 7) is 5.56. The SMILES string of the molecule is CCn1cc2c(n1)-c1ccc(N3CC(CNC(C)=O)OC3=O)cc1OCC2. The van der Waals surface area contributed by atoms with Crippen molar-refractivity contribution < 1.29 is 19.1 Å². The molecule has 27 heavy (non-hydrogen) atoms. The number of ether oxygens (including phenoxy) is 2. The lowest BCUT2D eigenvalue weighted by Crippen LogP contribution is -2.33. The molecule has 4 rings (SSSR count). The molecule has 0 aliphatic carbocycles. The zero-order valence-corrected chi connectivity index (χ0v) is 15.4. The molecule has 1 unspecified atom stereocenters. The Morgan fingerprint density at radius 3 is 3.04 bits per heavy atom. The van der Waals surface area contributed by atoms with E-state index < -0.39 is 6.09 Å². The van der Waals surface area contributed by atoms with E-state index in [1.165, 1.54) is 12.5 Å². The number of aromatic nitrogens is 2. The first-order chi connectivity index (χ1) is 13.0. The quantitative estimate of drug-likeness (QED) is 0.889. The van der Waals surface area contributed by atoms with Gasteiger partial charge in [-0.05, 0) is 19.1 Å². The van der Waals surface area contributed by atoms with Crippen LogP contribution in [0.3, 0.4) is 0 Å². The molecule has 1 atom stereocenters. The van der Waals surface area contributed by atoms with E-state index >= 15 is 0 Å². The Bertz CT molecular complexity index is 892. The number of carbonyl (C=O) groups excluding carboxylic acids is 2. The van der Waals surface area contributed by atoms with Gasteiger partial charge in [-0.25, -0.2) is 4.79 Å². The summed E-state index contributed by atoms with van der Waals surface area (Å²) in [5, 5.41) is 7.34. The number of aryl methyl sites for hydroxylation is 1. The third-order valence-electron chi connectivity index (χ3n) is 4.78. The van der Waals surface area contributed by atoms with Crippen LogP contribution < -0.4 is 15.0 Å². The molecule has 0 spiro atoms. The first-order valence-corrected chi connectivity index (χ1v) is 9.11. The molecule has 0 bridgehead atoms. The van der Waals surface area contributed by atoms with Gasteiger partial charge in [-0.2, -0.15) is 5.10 Å². The molecule has 8 heteroatoms. The summed E-state index contributed by atoms with van der Waals surface area (Å²) >= 11 is 0. The van der Waals surface area contributed by atoms with E-state index in [-0.39, 0.29) is 12.0 Å². The summed E-state index contributed by atoms with van der Waals surface area (Å²) in [5.74, 6) is 0.566. The van der Waals surface area contributed by atoms with Gasteiger partial charge < -0.3 is 14.8 Å².